The van der Waals surface area contributed by atoms with Gasteiger partial charge in [-0.1, -0.05) is 6.07 Å². The number of hydrogen-bond donors (Lipinski definition) is 2. The number of ether oxygens (including phenoxy) is 4. The number of hydrogen-bond acceptors (Lipinski definition) is 7. The van der Waals surface area contributed by atoms with Crippen molar-refractivity contribution in [3.8, 4) is 28.4 Å². The lowest BCUT2D eigenvalue weighted by molar-refractivity contribution is -0.0626. The first-order valence-electron chi connectivity index (χ1n) is 13.4. The van der Waals surface area contributed by atoms with Crippen molar-refractivity contribution in [1.29, 1.82) is 0 Å². The molecule has 0 radical (unpaired) electrons. The summed E-state index contributed by atoms with van der Waals surface area (Å²) in [5.41, 5.74) is -0.292. The first-order chi connectivity index (χ1) is 17.7. The largest absolute Gasteiger partial charge is 0.507 e. The molecule has 1 heterocycles. The predicted octanol–water partition coefficient (Wildman–Crippen LogP) is 6.95. The molecule has 0 aromatic heterocycles. The van der Waals surface area contributed by atoms with Crippen molar-refractivity contribution in [2.45, 2.75) is 111 Å². The van der Waals surface area contributed by atoms with Gasteiger partial charge >= 0.3 is 6.09 Å². The van der Waals surface area contributed by atoms with Gasteiger partial charge in [-0.15, -0.1) is 0 Å². The average molecular weight is 544 g/mol. The lowest BCUT2D eigenvalue weighted by Gasteiger charge is -2.35. The summed E-state index contributed by atoms with van der Waals surface area (Å²) >= 11 is 0. The van der Waals surface area contributed by atoms with Gasteiger partial charge in [0, 0.05) is 17.2 Å². The normalized spacial score (nSPS) is 17.7. The van der Waals surface area contributed by atoms with Crippen molar-refractivity contribution in [2.24, 2.45) is 0 Å². The van der Waals surface area contributed by atoms with E-state index in [-0.39, 0.29) is 19.0 Å². The van der Waals surface area contributed by atoms with E-state index in [1.165, 1.54) is 0 Å². The number of benzene rings is 2. The maximum atomic E-state index is 13.3. The molecule has 1 amide bonds. The smallest absolute Gasteiger partial charge is 0.413 e. The summed E-state index contributed by atoms with van der Waals surface area (Å²) in [6.45, 7) is 20.7. The number of aliphatic hydroxyl groups excluding tert-OH is 1. The number of nitrogens with zero attached hydrogens (tertiary/aromatic N) is 1. The Balaban J connectivity index is 2.18. The monoisotopic (exact) mass is 543 g/mol. The third-order valence-electron chi connectivity index (χ3n) is 5.92. The van der Waals surface area contributed by atoms with Gasteiger partial charge in [-0.25, -0.2) is 4.79 Å². The number of phenols is 1. The highest BCUT2D eigenvalue weighted by Gasteiger charge is 2.46. The van der Waals surface area contributed by atoms with Crippen molar-refractivity contribution in [3.05, 3.63) is 41.5 Å². The molecule has 39 heavy (non-hydrogen) atoms. The Hall–Kier alpha value is -2.97. The zero-order valence-corrected chi connectivity index (χ0v) is 25.3. The van der Waals surface area contributed by atoms with E-state index >= 15 is 0 Å². The summed E-state index contributed by atoms with van der Waals surface area (Å²) in [6, 6.07) is 8.26. The number of aliphatic hydroxyl groups is 1. The van der Waals surface area contributed by atoms with E-state index in [0.717, 1.165) is 5.56 Å². The van der Waals surface area contributed by atoms with E-state index in [0.29, 0.717) is 28.2 Å². The van der Waals surface area contributed by atoms with Crippen molar-refractivity contribution in [2.75, 3.05) is 6.61 Å². The highest BCUT2D eigenvalue weighted by atomic mass is 16.6. The maximum Gasteiger partial charge on any atom is 0.413 e. The molecule has 0 saturated carbocycles. The highest BCUT2D eigenvalue weighted by molar-refractivity contribution is 5.80. The number of amides is 1. The average Bonchev–Trinajstić information content (AvgIpc) is 3.05. The Labute approximate surface area is 232 Å². The van der Waals surface area contributed by atoms with Crippen LogP contribution in [-0.2, 0) is 16.1 Å². The van der Waals surface area contributed by atoms with Crippen LogP contribution in [0.1, 0.15) is 93.3 Å². The van der Waals surface area contributed by atoms with Gasteiger partial charge in [0.2, 0.25) is 0 Å². The predicted molar refractivity (Wildman–Crippen MR) is 151 cm³/mol. The van der Waals surface area contributed by atoms with E-state index < -0.39 is 34.7 Å². The van der Waals surface area contributed by atoms with Crippen molar-refractivity contribution in [3.63, 3.8) is 0 Å². The van der Waals surface area contributed by atoms with Crippen molar-refractivity contribution < 1.29 is 34.0 Å². The van der Waals surface area contributed by atoms with Gasteiger partial charge in [-0.3, -0.25) is 4.90 Å². The van der Waals surface area contributed by atoms with E-state index in [4.69, 9.17) is 18.9 Å². The number of rotatable bonds is 5. The minimum absolute atomic E-state index is 0.0127. The number of aromatic hydroxyl groups is 1. The summed E-state index contributed by atoms with van der Waals surface area (Å²) < 4.78 is 24.2. The molecule has 3 rings (SSSR count). The number of phenolic OH excluding ortho intramolecular Hbond substituents is 1. The molecule has 2 aromatic carbocycles. The zero-order chi connectivity index (χ0) is 29.6. The number of carbonyl (C=O) groups excluding carboxylic acids is 1. The maximum absolute atomic E-state index is 13.3. The van der Waals surface area contributed by atoms with Crippen LogP contribution in [0.5, 0.6) is 17.2 Å². The Morgan fingerprint density at radius 1 is 0.974 bits per heavy atom. The molecular formula is C31H45NO7. The Morgan fingerprint density at radius 3 is 2.13 bits per heavy atom. The Morgan fingerprint density at radius 2 is 1.59 bits per heavy atom. The Kier molecular flexibility index (Phi) is 8.26. The van der Waals surface area contributed by atoms with Gasteiger partial charge < -0.3 is 29.2 Å². The third kappa shape index (κ3) is 7.57. The van der Waals surface area contributed by atoms with Crippen molar-refractivity contribution in [1.82, 2.24) is 4.90 Å². The second kappa shape index (κ2) is 10.5. The van der Waals surface area contributed by atoms with Crippen LogP contribution in [0.4, 0.5) is 4.79 Å². The third-order valence-corrected chi connectivity index (χ3v) is 5.92. The first kappa shape index (κ1) is 30.6. The van der Waals surface area contributed by atoms with Crippen LogP contribution in [-0.4, -0.2) is 50.3 Å². The highest BCUT2D eigenvalue weighted by Crippen LogP contribution is 2.46. The van der Waals surface area contributed by atoms with Gasteiger partial charge in [0.15, 0.2) is 0 Å². The second-order valence-corrected chi connectivity index (χ2v) is 13.4. The molecule has 0 bridgehead atoms. The molecule has 1 fully saturated rings. The summed E-state index contributed by atoms with van der Waals surface area (Å²) in [5.74, 6) is 1.03. The lowest BCUT2D eigenvalue weighted by atomic mass is 9.93. The minimum atomic E-state index is -0.895. The van der Waals surface area contributed by atoms with Gasteiger partial charge in [-0.2, -0.15) is 0 Å². The van der Waals surface area contributed by atoms with Crippen LogP contribution in [0, 0.1) is 0 Å². The summed E-state index contributed by atoms with van der Waals surface area (Å²) in [5, 5.41) is 21.5. The van der Waals surface area contributed by atoms with Gasteiger partial charge in [-0.05, 0) is 105 Å². The summed E-state index contributed by atoms with van der Waals surface area (Å²) in [7, 11) is 0. The molecule has 8 heteroatoms. The minimum Gasteiger partial charge on any atom is -0.507 e. The van der Waals surface area contributed by atoms with Gasteiger partial charge in [0.05, 0.1) is 19.3 Å². The molecule has 2 aromatic rings. The van der Waals surface area contributed by atoms with Gasteiger partial charge in [0.1, 0.15) is 39.8 Å². The van der Waals surface area contributed by atoms with E-state index in [1.807, 2.05) is 82.2 Å². The fraction of sp³-hybridized carbons (Fsp3) is 0.581. The summed E-state index contributed by atoms with van der Waals surface area (Å²) in [4.78, 5) is 14.8. The van der Waals surface area contributed by atoms with Crippen LogP contribution in [0.25, 0.3) is 11.1 Å². The Bertz CT molecular complexity index is 1200. The quantitative estimate of drug-likeness (QED) is 0.421. The van der Waals surface area contributed by atoms with Crippen molar-refractivity contribution >= 4 is 6.09 Å². The summed E-state index contributed by atoms with van der Waals surface area (Å²) in [6.07, 6.45) is -0.485. The molecule has 0 spiro atoms. The number of carbonyl (C=O) groups is 1. The van der Waals surface area contributed by atoms with E-state index in [1.54, 1.807) is 29.2 Å². The molecule has 216 valence electrons. The molecule has 0 unspecified atom stereocenters. The molecule has 1 saturated heterocycles. The van der Waals surface area contributed by atoms with Crippen LogP contribution in [0.2, 0.25) is 0 Å². The lowest BCUT2D eigenvalue weighted by Crippen LogP contribution is -2.47. The molecule has 1 aliphatic rings. The SMILES string of the molecule is CC(C)(C)OC(=O)N1[C@H](c2ccc(O)c(-c3c(CO)cc(OC(C)(C)C)cc3OC(C)(C)C)c2)COC1(C)C. The van der Waals surface area contributed by atoms with E-state index in [9.17, 15) is 15.0 Å². The van der Waals surface area contributed by atoms with Crippen LogP contribution < -0.4 is 9.47 Å². The van der Waals surface area contributed by atoms with Crippen LogP contribution >= 0.6 is 0 Å². The van der Waals surface area contributed by atoms with Gasteiger partial charge in [0.25, 0.3) is 0 Å². The van der Waals surface area contributed by atoms with Crippen LogP contribution in [0.15, 0.2) is 30.3 Å². The molecule has 0 aliphatic carbocycles. The second-order valence-electron chi connectivity index (χ2n) is 13.4. The van der Waals surface area contributed by atoms with E-state index in [2.05, 4.69) is 0 Å². The first-order valence-corrected chi connectivity index (χ1v) is 13.4. The topological polar surface area (TPSA) is 97.7 Å². The van der Waals surface area contributed by atoms with Crippen LogP contribution in [0.3, 0.4) is 0 Å². The fourth-order valence-corrected chi connectivity index (χ4v) is 4.57. The fourth-order valence-electron chi connectivity index (χ4n) is 4.57. The molecule has 8 nitrogen and oxygen atoms in total. The zero-order valence-electron chi connectivity index (χ0n) is 25.3. The molecule has 2 N–H and O–H groups in total. The molecule has 1 atom stereocenters. The standard InChI is InChI=1S/C31H45NO7/c1-28(2,3)37-21-14-20(17-33)26(25(16-21)38-29(4,5)6)22-15-19(12-13-24(22)34)23-18-36-31(10,11)32(23)27(35)39-30(7,8)9/h12-16,23,33-34H,17-18H2,1-11H3/t23-/m0/s1. The molecule has 1 aliphatic heterocycles. The molecular weight excluding hydrogens is 498 g/mol.